The van der Waals surface area contributed by atoms with Crippen molar-refractivity contribution in [3.8, 4) is 11.1 Å². The molecule has 0 radical (unpaired) electrons. The van der Waals surface area contributed by atoms with Gasteiger partial charge in [-0.05, 0) is 23.3 Å². The third-order valence-corrected chi connectivity index (χ3v) is 3.78. The van der Waals surface area contributed by atoms with Crippen LogP contribution in [0.5, 0.6) is 0 Å². The van der Waals surface area contributed by atoms with Crippen molar-refractivity contribution in [1.29, 1.82) is 0 Å². The maximum Gasteiger partial charge on any atom is 0.254 e. The van der Waals surface area contributed by atoms with Crippen LogP contribution in [0.2, 0.25) is 0 Å². The predicted octanol–water partition coefficient (Wildman–Crippen LogP) is 3.40. The summed E-state index contributed by atoms with van der Waals surface area (Å²) >= 11 is 0. The molecule has 1 unspecified atom stereocenters. The molecule has 0 spiro atoms. The van der Waals surface area contributed by atoms with Crippen LogP contribution in [0.1, 0.15) is 5.56 Å². The van der Waals surface area contributed by atoms with Crippen LogP contribution < -0.4 is 11.1 Å². The minimum absolute atomic E-state index is 0. The fraction of sp³-hybridized carbons (Fsp3) is 0.158. The van der Waals surface area contributed by atoms with E-state index in [0.29, 0.717) is 12.3 Å². The van der Waals surface area contributed by atoms with E-state index in [1.54, 1.807) is 6.20 Å². The zero-order valence-corrected chi connectivity index (χ0v) is 16.1. The molecule has 0 aliphatic rings. The SMILES string of the molecule is Cl.Cl.NCC(OCc1ccccc1)C(=O)Nc1ccc(-c2cn[nH]c2)cc1. The number of carbonyl (C=O) groups excluding carboxylic acids is 1. The Labute approximate surface area is 170 Å². The summed E-state index contributed by atoms with van der Waals surface area (Å²) in [5, 5.41) is 9.53. The summed E-state index contributed by atoms with van der Waals surface area (Å²) in [6.45, 7) is 0.460. The van der Waals surface area contributed by atoms with E-state index in [1.807, 2.05) is 60.8 Å². The number of rotatable bonds is 7. The fourth-order valence-electron chi connectivity index (χ4n) is 2.40. The molecule has 3 aromatic rings. The van der Waals surface area contributed by atoms with Crippen LogP contribution in [0.25, 0.3) is 11.1 Å². The second-order valence-electron chi connectivity index (χ2n) is 5.57. The third kappa shape index (κ3) is 6.37. The number of nitrogens with zero attached hydrogens (tertiary/aromatic N) is 1. The number of carbonyl (C=O) groups is 1. The molecule has 1 atom stereocenters. The maximum absolute atomic E-state index is 12.3. The molecule has 0 saturated heterocycles. The van der Waals surface area contributed by atoms with Crippen LogP contribution in [0.3, 0.4) is 0 Å². The van der Waals surface area contributed by atoms with E-state index in [4.69, 9.17) is 10.5 Å². The van der Waals surface area contributed by atoms with Gasteiger partial charge in [0, 0.05) is 24.0 Å². The van der Waals surface area contributed by atoms with Crippen molar-refractivity contribution < 1.29 is 9.53 Å². The number of hydrogen-bond acceptors (Lipinski definition) is 4. The summed E-state index contributed by atoms with van der Waals surface area (Å²) in [5.74, 6) is -0.255. The van der Waals surface area contributed by atoms with Crippen molar-refractivity contribution in [3.63, 3.8) is 0 Å². The standard InChI is InChI=1S/C19H20N4O2.2ClH/c20-10-18(25-13-14-4-2-1-3-5-14)19(24)23-17-8-6-15(7-9-17)16-11-21-22-12-16;;/h1-9,11-12,18H,10,13,20H2,(H,21,22)(H,23,24);2*1H. The van der Waals surface area contributed by atoms with Gasteiger partial charge in [-0.2, -0.15) is 5.10 Å². The van der Waals surface area contributed by atoms with Crippen LogP contribution in [-0.2, 0) is 16.1 Å². The van der Waals surface area contributed by atoms with Crippen molar-refractivity contribution >= 4 is 36.4 Å². The summed E-state index contributed by atoms with van der Waals surface area (Å²) in [6, 6.07) is 17.2. The zero-order chi connectivity index (χ0) is 17.5. The van der Waals surface area contributed by atoms with Crippen LogP contribution in [0.4, 0.5) is 5.69 Å². The number of nitrogens with two attached hydrogens (primary N) is 1. The number of nitrogens with one attached hydrogen (secondary N) is 2. The lowest BCUT2D eigenvalue weighted by molar-refractivity contribution is -0.127. The first-order valence-electron chi connectivity index (χ1n) is 8.02. The first-order valence-corrected chi connectivity index (χ1v) is 8.02. The number of aromatic nitrogens is 2. The third-order valence-electron chi connectivity index (χ3n) is 3.78. The Morgan fingerprint density at radius 1 is 1.07 bits per heavy atom. The minimum atomic E-state index is -0.700. The molecule has 27 heavy (non-hydrogen) atoms. The van der Waals surface area contributed by atoms with Gasteiger partial charge in [-0.1, -0.05) is 42.5 Å². The molecular weight excluding hydrogens is 387 g/mol. The number of ether oxygens (including phenoxy) is 1. The monoisotopic (exact) mass is 408 g/mol. The quantitative estimate of drug-likeness (QED) is 0.558. The lowest BCUT2D eigenvalue weighted by atomic mass is 10.1. The topological polar surface area (TPSA) is 93.0 Å². The van der Waals surface area contributed by atoms with Crippen molar-refractivity contribution in [2.24, 2.45) is 5.73 Å². The molecule has 0 saturated carbocycles. The molecule has 0 aliphatic carbocycles. The summed E-state index contributed by atoms with van der Waals surface area (Å²) in [5.41, 5.74) is 9.38. The number of anilines is 1. The highest BCUT2D eigenvalue weighted by molar-refractivity contribution is 5.94. The lowest BCUT2D eigenvalue weighted by Gasteiger charge is -2.16. The van der Waals surface area contributed by atoms with Gasteiger partial charge in [0.2, 0.25) is 0 Å². The molecule has 3 rings (SSSR count). The van der Waals surface area contributed by atoms with Gasteiger partial charge in [-0.25, -0.2) is 0 Å². The Hall–Kier alpha value is -2.38. The Morgan fingerprint density at radius 3 is 2.37 bits per heavy atom. The molecule has 1 heterocycles. The lowest BCUT2D eigenvalue weighted by Crippen LogP contribution is -2.36. The van der Waals surface area contributed by atoms with Crippen LogP contribution in [-0.4, -0.2) is 28.8 Å². The van der Waals surface area contributed by atoms with E-state index in [0.717, 1.165) is 16.7 Å². The van der Waals surface area contributed by atoms with E-state index < -0.39 is 6.10 Å². The highest BCUT2D eigenvalue weighted by Crippen LogP contribution is 2.20. The average Bonchev–Trinajstić information content (AvgIpc) is 3.18. The Kier molecular flexibility index (Phi) is 9.53. The molecule has 8 heteroatoms. The van der Waals surface area contributed by atoms with Gasteiger partial charge in [0.25, 0.3) is 5.91 Å². The van der Waals surface area contributed by atoms with Gasteiger partial charge >= 0.3 is 0 Å². The Bertz CT molecular complexity index is 796. The highest BCUT2D eigenvalue weighted by Gasteiger charge is 2.17. The number of halogens is 2. The van der Waals surface area contributed by atoms with E-state index >= 15 is 0 Å². The maximum atomic E-state index is 12.3. The van der Waals surface area contributed by atoms with Crippen LogP contribution in [0.15, 0.2) is 67.0 Å². The average molecular weight is 409 g/mol. The second kappa shape index (κ2) is 11.4. The molecule has 0 bridgehead atoms. The van der Waals surface area contributed by atoms with Gasteiger partial charge in [0.15, 0.2) is 0 Å². The summed E-state index contributed by atoms with van der Waals surface area (Å²) in [4.78, 5) is 12.3. The van der Waals surface area contributed by atoms with E-state index in [2.05, 4.69) is 15.5 Å². The van der Waals surface area contributed by atoms with Crippen LogP contribution in [0, 0.1) is 0 Å². The molecule has 0 aliphatic heterocycles. The summed E-state index contributed by atoms with van der Waals surface area (Å²) in [7, 11) is 0. The largest absolute Gasteiger partial charge is 0.362 e. The van der Waals surface area contributed by atoms with Crippen molar-refractivity contribution in [2.75, 3.05) is 11.9 Å². The van der Waals surface area contributed by atoms with Crippen molar-refractivity contribution in [2.45, 2.75) is 12.7 Å². The number of aromatic amines is 1. The van der Waals surface area contributed by atoms with E-state index in [1.165, 1.54) is 0 Å². The highest BCUT2D eigenvalue weighted by atomic mass is 35.5. The molecular formula is C19H22Cl2N4O2. The molecule has 6 nitrogen and oxygen atoms in total. The van der Waals surface area contributed by atoms with Gasteiger partial charge in [-0.3, -0.25) is 9.89 Å². The first-order chi connectivity index (χ1) is 12.3. The van der Waals surface area contributed by atoms with Crippen LogP contribution >= 0.6 is 24.8 Å². The first kappa shape index (κ1) is 22.7. The number of benzene rings is 2. The molecule has 1 amide bonds. The fourth-order valence-corrected chi connectivity index (χ4v) is 2.40. The number of hydrogen-bond donors (Lipinski definition) is 3. The summed E-state index contributed by atoms with van der Waals surface area (Å²) in [6.07, 6.45) is 2.86. The van der Waals surface area contributed by atoms with Gasteiger partial charge in [-0.15, -0.1) is 24.8 Å². The number of amides is 1. The zero-order valence-electron chi connectivity index (χ0n) is 14.5. The Morgan fingerprint density at radius 2 is 1.78 bits per heavy atom. The van der Waals surface area contributed by atoms with E-state index in [9.17, 15) is 4.79 Å². The Balaban J connectivity index is 0.00000182. The molecule has 1 aromatic heterocycles. The van der Waals surface area contributed by atoms with Gasteiger partial charge in [0.1, 0.15) is 6.10 Å². The molecule has 0 fully saturated rings. The molecule has 4 N–H and O–H groups in total. The normalized spacial score (nSPS) is 11.0. The number of H-pyrrole nitrogens is 1. The molecule has 144 valence electrons. The van der Waals surface area contributed by atoms with Gasteiger partial charge in [0.05, 0.1) is 12.8 Å². The van der Waals surface area contributed by atoms with Gasteiger partial charge < -0.3 is 15.8 Å². The summed E-state index contributed by atoms with van der Waals surface area (Å²) < 4.78 is 5.64. The van der Waals surface area contributed by atoms with Crippen molar-refractivity contribution in [1.82, 2.24) is 10.2 Å². The van der Waals surface area contributed by atoms with E-state index in [-0.39, 0.29) is 37.3 Å². The molecule has 2 aromatic carbocycles. The van der Waals surface area contributed by atoms with Crippen molar-refractivity contribution in [3.05, 3.63) is 72.6 Å². The second-order valence-corrected chi connectivity index (χ2v) is 5.57. The predicted molar refractivity (Wildman–Crippen MR) is 111 cm³/mol. The smallest absolute Gasteiger partial charge is 0.254 e. The minimum Gasteiger partial charge on any atom is -0.362 e.